The van der Waals surface area contributed by atoms with Crippen molar-refractivity contribution in [1.29, 1.82) is 0 Å². The summed E-state index contributed by atoms with van der Waals surface area (Å²) >= 11 is 3.27. The summed E-state index contributed by atoms with van der Waals surface area (Å²) in [6.45, 7) is 1.31. The molecule has 132 valence electrons. The predicted molar refractivity (Wildman–Crippen MR) is 102 cm³/mol. The molecular weight excluding hydrogens is 403 g/mol. The number of hydrogen-bond acceptors (Lipinski definition) is 5. The van der Waals surface area contributed by atoms with Gasteiger partial charge in [-0.15, -0.1) is 0 Å². The standard InChI is InChI=1S/C18H14BrFN4O2/c19-9-7-12-13-16(14(9)20)24-15(17(13)22-4-1-5-25-12)8-2-3-11-10(6-8)23-18(21)26-11/h2-3,6-7,22,24H,1,4-5H2,(H2,21,23). The van der Waals surface area contributed by atoms with E-state index in [0.29, 0.717) is 38.8 Å². The Hall–Kier alpha value is -2.74. The van der Waals surface area contributed by atoms with Gasteiger partial charge in [0.05, 0.1) is 33.4 Å². The first kappa shape index (κ1) is 15.5. The molecule has 0 spiro atoms. The molecule has 4 N–H and O–H groups in total. The Morgan fingerprint density at radius 3 is 3.04 bits per heavy atom. The van der Waals surface area contributed by atoms with Crippen LogP contribution in [0.5, 0.6) is 5.75 Å². The zero-order valence-electron chi connectivity index (χ0n) is 13.5. The van der Waals surface area contributed by atoms with Crippen molar-refractivity contribution in [2.45, 2.75) is 6.42 Å². The van der Waals surface area contributed by atoms with Crippen molar-refractivity contribution in [2.24, 2.45) is 0 Å². The first-order valence-electron chi connectivity index (χ1n) is 8.18. The van der Waals surface area contributed by atoms with Crippen LogP contribution in [-0.2, 0) is 0 Å². The minimum absolute atomic E-state index is 0.118. The fourth-order valence-corrected chi connectivity index (χ4v) is 3.76. The number of nitrogens with two attached hydrogens (primary N) is 1. The van der Waals surface area contributed by atoms with Crippen LogP contribution in [0.3, 0.4) is 0 Å². The van der Waals surface area contributed by atoms with E-state index in [4.69, 9.17) is 14.9 Å². The second-order valence-corrected chi connectivity index (χ2v) is 7.01. The van der Waals surface area contributed by atoms with Crippen LogP contribution >= 0.6 is 15.9 Å². The summed E-state index contributed by atoms with van der Waals surface area (Å²) in [5.41, 5.74) is 9.72. The van der Waals surface area contributed by atoms with Crippen molar-refractivity contribution in [3.8, 4) is 17.0 Å². The van der Waals surface area contributed by atoms with Crippen LogP contribution < -0.4 is 15.8 Å². The molecule has 0 saturated heterocycles. The van der Waals surface area contributed by atoms with E-state index in [9.17, 15) is 4.39 Å². The van der Waals surface area contributed by atoms with E-state index >= 15 is 0 Å². The van der Waals surface area contributed by atoms with Gasteiger partial charge < -0.3 is 25.2 Å². The van der Waals surface area contributed by atoms with Crippen molar-refractivity contribution >= 4 is 49.6 Å². The third-order valence-electron chi connectivity index (χ3n) is 4.51. The molecule has 1 aliphatic heterocycles. The molecule has 0 amide bonds. The fraction of sp³-hybridized carbons (Fsp3) is 0.167. The van der Waals surface area contributed by atoms with Gasteiger partial charge in [0.15, 0.2) is 11.4 Å². The van der Waals surface area contributed by atoms with Crippen LogP contribution in [0.4, 0.5) is 16.1 Å². The maximum Gasteiger partial charge on any atom is 0.292 e. The minimum atomic E-state index is -0.353. The number of nitrogens with one attached hydrogen (secondary N) is 2. The lowest BCUT2D eigenvalue weighted by Crippen LogP contribution is -2.10. The molecule has 0 bridgehead atoms. The largest absolute Gasteiger partial charge is 0.493 e. The number of aromatic amines is 1. The SMILES string of the molecule is Nc1nc2cc(-c3[nH]c4c(F)c(Br)cc5c4c3NCCCO5)ccc2o1. The van der Waals surface area contributed by atoms with Crippen molar-refractivity contribution < 1.29 is 13.5 Å². The number of oxazole rings is 1. The molecule has 2 aromatic heterocycles. The van der Waals surface area contributed by atoms with E-state index in [1.807, 2.05) is 12.1 Å². The maximum absolute atomic E-state index is 14.7. The average molecular weight is 417 g/mol. The molecule has 0 fully saturated rings. The number of aromatic nitrogens is 2. The molecule has 2 aromatic carbocycles. The van der Waals surface area contributed by atoms with E-state index in [1.54, 1.807) is 12.1 Å². The summed E-state index contributed by atoms with van der Waals surface area (Å²) in [5.74, 6) is 0.290. The number of rotatable bonds is 1. The third-order valence-corrected chi connectivity index (χ3v) is 5.08. The molecule has 3 heterocycles. The molecule has 6 nitrogen and oxygen atoms in total. The molecule has 0 radical (unpaired) electrons. The molecule has 4 aromatic rings. The highest BCUT2D eigenvalue weighted by molar-refractivity contribution is 9.10. The third kappa shape index (κ3) is 2.25. The van der Waals surface area contributed by atoms with Crippen molar-refractivity contribution in [1.82, 2.24) is 9.97 Å². The zero-order valence-corrected chi connectivity index (χ0v) is 15.1. The Kier molecular flexibility index (Phi) is 3.36. The summed E-state index contributed by atoms with van der Waals surface area (Å²) in [6.07, 6.45) is 0.847. The second-order valence-electron chi connectivity index (χ2n) is 6.16. The van der Waals surface area contributed by atoms with E-state index < -0.39 is 0 Å². The van der Waals surface area contributed by atoms with E-state index in [2.05, 4.69) is 31.2 Å². The molecular formula is C18H14BrFN4O2. The topological polar surface area (TPSA) is 89.1 Å². The summed E-state index contributed by atoms with van der Waals surface area (Å²) in [4.78, 5) is 7.39. The van der Waals surface area contributed by atoms with Crippen LogP contribution in [-0.4, -0.2) is 23.1 Å². The number of halogens is 2. The summed E-state index contributed by atoms with van der Waals surface area (Å²) < 4.78 is 26.3. The second kappa shape index (κ2) is 5.63. The normalized spacial score (nSPS) is 14.1. The first-order valence-corrected chi connectivity index (χ1v) is 8.98. The lowest BCUT2D eigenvalue weighted by Gasteiger charge is -2.16. The van der Waals surface area contributed by atoms with Gasteiger partial charge in [-0.05, 0) is 46.6 Å². The summed E-state index contributed by atoms with van der Waals surface area (Å²) in [7, 11) is 0. The Labute approximate surface area is 155 Å². The van der Waals surface area contributed by atoms with Gasteiger partial charge in [0.25, 0.3) is 6.01 Å². The van der Waals surface area contributed by atoms with Gasteiger partial charge in [-0.2, -0.15) is 4.98 Å². The van der Waals surface area contributed by atoms with E-state index in [-0.39, 0.29) is 11.8 Å². The Bertz CT molecular complexity index is 1170. The number of nitrogens with zero attached hydrogens (tertiary/aromatic N) is 1. The van der Waals surface area contributed by atoms with Crippen LogP contribution in [0.1, 0.15) is 6.42 Å². The lowest BCUT2D eigenvalue weighted by atomic mass is 10.1. The monoisotopic (exact) mass is 416 g/mol. The number of nitrogen functional groups attached to an aromatic ring is 1. The van der Waals surface area contributed by atoms with Gasteiger partial charge in [-0.25, -0.2) is 4.39 Å². The lowest BCUT2D eigenvalue weighted by molar-refractivity contribution is 0.317. The van der Waals surface area contributed by atoms with Gasteiger partial charge in [0.1, 0.15) is 11.3 Å². The quantitative estimate of drug-likeness (QED) is 0.420. The maximum atomic E-state index is 14.7. The molecule has 8 heteroatoms. The highest BCUT2D eigenvalue weighted by Crippen LogP contribution is 2.44. The summed E-state index contributed by atoms with van der Waals surface area (Å²) in [6, 6.07) is 7.35. The molecule has 0 unspecified atom stereocenters. The smallest absolute Gasteiger partial charge is 0.292 e. The van der Waals surface area contributed by atoms with Gasteiger partial charge in [-0.3, -0.25) is 0 Å². The predicted octanol–water partition coefficient (Wildman–Crippen LogP) is 4.65. The van der Waals surface area contributed by atoms with Crippen molar-refractivity contribution in [2.75, 3.05) is 24.2 Å². The number of H-pyrrole nitrogens is 1. The molecule has 0 aliphatic carbocycles. The number of benzene rings is 2. The molecule has 0 saturated carbocycles. The fourth-order valence-electron chi connectivity index (χ4n) is 3.36. The Morgan fingerprint density at radius 2 is 2.15 bits per heavy atom. The summed E-state index contributed by atoms with van der Waals surface area (Å²) in [5, 5.41) is 4.12. The molecule has 26 heavy (non-hydrogen) atoms. The van der Waals surface area contributed by atoms with Gasteiger partial charge >= 0.3 is 0 Å². The van der Waals surface area contributed by atoms with Crippen LogP contribution in [0.15, 0.2) is 33.2 Å². The van der Waals surface area contributed by atoms with Gasteiger partial charge in [0, 0.05) is 12.1 Å². The zero-order chi connectivity index (χ0) is 17.8. The average Bonchev–Trinajstić information content (AvgIpc) is 3.15. The number of ether oxygens (including phenoxy) is 1. The van der Waals surface area contributed by atoms with Crippen LogP contribution in [0.2, 0.25) is 0 Å². The van der Waals surface area contributed by atoms with Crippen molar-refractivity contribution in [3.63, 3.8) is 0 Å². The van der Waals surface area contributed by atoms with Crippen molar-refractivity contribution in [3.05, 3.63) is 34.6 Å². The number of hydrogen-bond donors (Lipinski definition) is 3. The number of anilines is 2. The first-order chi connectivity index (χ1) is 12.6. The highest BCUT2D eigenvalue weighted by atomic mass is 79.9. The van der Waals surface area contributed by atoms with Gasteiger partial charge in [0.2, 0.25) is 0 Å². The molecule has 5 rings (SSSR count). The Morgan fingerprint density at radius 1 is 1.27 bits per heavy atom. The van der Waals surface area contributed by atoms with Gasteiger partial charge in [-0.1, -0.05) is 0 Å². The molecule has 0 atom stereocenters. The highest BCUT2D eigenvalue weighted by Gasteiger charge is 2.23. The van der Waals surface area contributed by atoms with Crippen LogP contribution in [0.25, 0.3) is 33.3 Å². The minimum Gasteiger partial charge on any atom is -0.493 e. The van der Waals surface area contributed by atoms with E-state index in [0.717, 1.165) is 29.9 Å². The van der Waals surface area contributed by atoms with Crippen LogP contribution in [0, 0.1) is 5.82 Å². The van der Waals surface area contributed by atoms with E-state index in [1.165, 1.54) is 0 Å². The Balaban J connectivity index is 1.81. The number of fused-ring (bicyclic) bond motifs is 1. The molecule has 1 aliphatic rings.